The van der Waals surface area contributed by atoms with Crippen LogP contribution in [-0.2, 0) is 25.7 Å². The largest absolute Gasteiger partial charge is 0.507 e. The van der Waals surface area contributed by atoms with Crippen LogP contribution in [0, 0.1) is 12.8 Å². The van der Waals surface area contributed by atoms with Gasteiger partial charge in [0.25, 0.3) is 0 Å². The van der Waals surface area contributed by atoms with Gasteiger partial charge in [0.05, 0.1) is 27.9 Å². The van der Waals surface area contributed by atoms with E-state index >= 15 is 0 Å². The number of aromatic hydroxyl groups is 1. The molecular formula is C45H48N10O7S. The number of carbonyl (C=O) groups is 4. The molecule has 3 fully saturated rings. The van der Waals surface area contributed by atoms with Crippen molar-refractivity contribution in [2.75, 3.05) is 50.7 Å². The molecule has 17 nitrogen and oxygen atoms in total. The molecule has 3 aliphatic heterocycles. The molecule has 0 spiro atoms. The first-order valence-electron chi connectivity index (χ1n) is 21.1. The lowest BCUT2D eigenvalue weighted by atomic mass is 9.91. The molecule has 3 saturated heterocycles. The third-order valence-electron chi connectivity index (χ3n) is 12.3. The molecule has 3 atom stereocenters. The number of phenolic OH excluding ortho intramolecular Hbond substituents is 1. The highest BCUT2D eigenvalue weighted by Gasteiger charge is 2.44. The van der Waals surface area contributed by atoms with E-state index in [4.69, 9.17) is 4.52 Å². The second-order valence-corrected chi connectivity index (χ2v) is 17.7. The number of aryl methyl sites for hydroxylation is 1. The van der Waals surface area contributed by atoms with Crippen molar-refractivity contribution in [1.82, 2.24) is 45.3 Å². The van der Waals surface area contributed by atoms with Gasteiger partial charge in [-0.1, -0.05) is 55.4 Å². The highest BCUT2D eigenvalue weighted by atomic mass is 32.1. The first-order valence-corrected chi connectivity index (χ1v) is 22.0. The molecule has 0 saturated carbocycles. The minimum absolute atomic E-state index is 0.0105. The van der Waals surface area contributed by atoms with Crippen LogP contribution < -0.4 is 10.2 Å². The van der Waals surface area contributed by atoms with Gasteiger partial charge in [0, 0.05) is 87.4 Å². The van der Waals surface area contributed by atoms with Crippen LogP contribution in [0.25, 0.3) is 32.7 Å². The van der Waals surface area contributed by atoms with E-state index < -0.39 is 29.9 Å². The molecule has 9 rings (SSSR count). The third kappa shape index (κ3) is 8.35. The summed E-state index contributed by atoms with van der Waals surface area (Å²) in [5, 5.41) is 37.5. The summed E-state index contributed by atoms with van der Waals surface area (Å²) in [5.41, 5.74) is 7.37. The van der Waals surface area contributed by atoms with E-state index in [9.17, 15) is 29.4 Å². The number of thiazole rings is 1. The number of benzene rings is 2. The zero-order valence-corrected chi connectivity index (χ0v) is 35.9. The number of fused-ring (bicyclic) bond motifs is 1. The summed E-state index contributed by atoms with van der Waals surface area (Å²) >= 11 is 1.58. The Labute approximate surface area is 366 Å². The van der Waals surface area contributed by atoms with Gasteiger partial charge in [0.2, 0.25) is 11.8 Å². The molecule has 4 N–H and O–H groups in total. The Morgan fingerprint density at radius 3 is 2.40 bits per heavy atom. The number of amides is 4. The number of anilines is 1. The van der Waals surface area contributed by atoms with E-state index in [0.717, 1.165) is 32.8 Å². The van der Waals surface area contributed by atoms with E-state index in [-0.39, 0.29) is 48.9 Å². The van der Waals surface area contributed by atoms with Crippen LogP contribution in [-0.4, -0.2) is 132 Å². The summed E-state index contributed by atoms with van der Waals surface area (Å²) in [7, 11) is 0. The average Bonchev–Trinajstić information content (AvgIpc) is 4.09. The molecule has 0 aliphatic carbocycles. The van der Waals surface area contributed by atoms with Crippen molar-refractivity contribution in [2.45, 2.75) is 57.7 Å². The van der Waals surface area contributed by atoms with Gasteiger partial charge in [-0.05, 0) is 48.2 Å². The highest BCUT2D eigenvalue weighted by Crippen LogP contribution is 2.35. The van der Waals surface area contributed by atoms with E-state index in [1.807, 2.05) is 73.6 Å². The number of nitrogens with zero attached hydrogens (tertiary/aromatic N) is 8. The number of aliphatic hydroxyl groups is 1. The Morgan fingerprint density at radius 1 is 0.937 bits per heavy atom. The van der Waals surface area contributed by atoms with Crippen LogP contribution in [0.15, 0.2) is 76.8 Å². The number of carbonyl (C=O) groups excluding carboxylic acids is 4. The molecule has 2 aromatic carbocycles. The number of aromatic nitrogens is 5. The van der Waals surface area contributed by atoms with Crippen molar-refractivity contribution in [3.8, 4) is 27.4 Å². The van der Waals surface area contributed by atoms with E-state index in [1.54, 1.807) is 45.4 Å². The molecule has 63 heavy (non-hydrogen) atoms. The third-order valence-corrected chi connectivity index (χ3v) is 13.3. The van der Waals surface area contributed by atoms with E-state index in [2.05, 4.69) is 30.6 Å². The number of phenols is 1. The smallest absolute Gasteiger partial charge is 0.312 e. The number of H-pyrrole nitrogens is 1. The molecule has 6 aromatic rings. The lowest BCUT2D eigenvalue weighted by Gasteiger charge is -2.40. The summed E-state index contributed by atoms with van der Waals surface area (Å²) in [5.74, 6) is -1.75. The molecule has 7 heterocycles. The molecule has 0 bridgehead atoms. The first-order chi connectivity index (χ1) is 30.4. The number of hydrogen-bond donors (Lipinski definition) is 4. The predicted octanol–water partition coefficient (Wildman–Crippen LogP) is 4.04. The number of para-hydroxylation sites is 1. The monoisotopic (exact) mass is 872 g/mol. The van der Waals surface area contributed by atoms with Crippen LogP contribution >= 0.6 is 11.3 Å². The fraction of sp³-hybridized carbons (Fsp3) is 0.378. The highest BCUT2D eigenvalue weighted by molar-refractivity contribution is 7.13. The van der Waals surface area contributed by atoms with Crippen molar-refractivity contribution >= 4 is 51.8 Å². The Hall–Kier alpha value is -6.66. The standard InChI is InChI=1S/C45H48N10O7S/c1-25(2)39(43(59)55-23-31(56)18-35(55)42(58)46-20-27-8-10-28(11-9-27)40-26(3)47-24-63-40)37-19-38(51-62-37)52-12-14-53(15-13-52)44(60)45(61)54-21-30(22-54)33-16-29-17-34(49-50-41(29)48-33)32-6-4-5-7-36(32)57/h4-11,16-17,19,24-25,30-31,35,39,56-57H,12-15,18,20-23H2,1-3H3,(H,46,58)(H,48,50)/t31-,35+,39-/m1/s1. The Balaban J connectivity index is 0.770. The fourth-order valence-electron chi connectivity index (χ4n) is 8.70. The van der Waals surface area contributed by atoms with Crippen molar-refractivity contribution in [3.05, 3.63) is 95.0 Å². The molecule has 4 amide bonds. The van der Waals surface area contributed by atoms with Gasteiger partial charge >= 0.3 is 11.8 Å². The fourth-order valence-corrected chi connectivity index (χ4v) is 9.51. The molecule has 18 heteroatoms. The molecule has 0 radical (unpaired) electrons. The summed E-state index contributed by atoms with van der Waals surface area (Å²) in [4.78, 5) is 69.6. The second kappa shape index (κ2) is 17.2. The van der Waals surface area contributed by atoms with Gasteiger partial charge in [0.15, 0.2) is 17.2 Å². The maximum atomic E-state index is 14.2. The van der Waals surface area contributed by atoms with Gasteiger partial charge in [0.1, 0.15) is 17.7 Å². The van der Waals surface area contributed by atoms with Crippen molar-refractivity contribution < 1.29 is 33.9 Å². The number of likely N-dealkylation sites (tertiary alicyclic amines) is 2. The quantitative estimate of drug-likeness (QED) is 0.144. The number of piperazine rings is 1. The molecule has 0 unspecified atom stereocenters. The Bertz CT molecular complexity index is 2660. The summed E-state index contributed by atoms with van der Waals surface area (Å²) < 4.78 is 5.79. The van der Waals surface area contributed by atoms with Gasteiger partial charge in [-0.2, -0.15) is 0 Å². The normalized spacial score (nSPS) is 18.6. The maximum Gasteiger partial charge on any atom is 0.312 e. The summed E-state index contributed by atoms with van der Waals surface area (Å²) in [6.45, 7) is 8.25. The van der Waals surface area contributed by atoms with Crippen molar-refractivity contribution in [2.24, 2.45) is 5.92 Å². The minimum atomic E-state index is -0.847. The molecule has 4 aromatic heterocycles. The maximum absolute atomic E-state index is 14.2. The molecule has 326 valence electrons. The number of hydrogen-bond acceptors (Lipinski definition) is 13. The molecular weight excluding hydrogens is 825 g/mol. The minimum Gasteiger partial charge on any atom is -0.507 e. The first kappa shape index (κ1) is 41.7. The van der Waals surface area contributed by atoms with Crippen LogP contribution in [0.1, 0.15) is 54.8 Å². The van der Waals surface area contributed by atoms with Crippen LogP contribution in [0.4, 0.5) is 5.82 Å². The topological polar surface area (TPSA) is 214 Å². The lowest BCUT2D eigenvalue weighted by molar-refractivity contribution is -0.154. The number of rotatable bonds is 10. The van der Waals surface area contributed by atoms with Crippen LogP contribution in [0.3, 0.4) is 0 Å². The summed E-state index contributed by atoms with van der Waals surface area (Å²) in [6.07, 6.45) is -0.722. The van der Waals surface area contributed by atoms with Crippen LogP contribution in [0.2, 0.25) is 0 Å². The van der Waals surface area contributed by atoms with Crippen molar-refractivity contribution in [1.29, 1.82) is 0 Å². The number of aliphatic hydroxyl groups excluding tert-OH is 1. The van der Waals surface area contributed by atoms with Gasteiger partial charge in [-0.3, -0.25) is 19.2 Å². The summed E-state index contributed by atoms with van der Waals surface area (Å²) in [6, 6.07) is 19.6. The second-order valence-electron chi connectivity index (χ2n) is 16.8. The van der Waals surface area contributed by atoms with Crippen molar-refractivity contribution in [3.63, 3.8) is 0 Å². The Kier molecular flexibility index (Phi) is 11.4. The van der Waals surface area contributed by atoms with E-state index in [1.165, 1.54) is 4.90 Å². The average molecular weight is 873 g/mol. The van der Waals surface area contributed by atoms with Crippen LogP contribution in [0.5, 0.6) is 5.75 Å². The predicted molar refractivity (Wildman–Crippen MR) is 233 cm³/mol. The number of nitrogens with one attached hydrogen (secondary N) is 2. The van der Waals surface area contributed by atoms with Gasteiger partial charge < -0.3 is 44.6 Å². The lowest BCUT2D eigenvalue weighted by Crippen LogP contribution is -2.57. The zero-order chi connectivity index (χ0) is 43.9. The van der Waals surface area contributed by atoms with E-state index in [0.29, 0.717) is 67.8 Å². The Morgan fingerprint density at radius 2 is 1.68 bits per heavy atom. The SMILES string of the molecule is Cc1ncsc1-c1ccc(CNC(=O)[C@@H]2C[C@@H](O)CN2C(=O)[C@@H](c2cc(N3CCN(C(=O)C(=O)N4CC(c5cc6cc(-c7ccccc7O)nnc6[nH]5)C4)CC3)no2)C(C)C)cc1. The zero-order valence-electron chi connectivity index (χ0n) is 35.1. The molecule has 3 aliphatic rings. The number of β-amino-alcohol motifs (C(OH)–C–C–N with tert-alkyl or cyclic N) is 1. The van der Waals surface area contributed by atoms with Gasteiger partial charge in [-0.25, -0.2) is 4.98 Å². The number of aromatic amines is 1. The van der Waals surface area contributed by atoms with Gasteiger partial charge in [-0.15, -0.1) is 21.5 Å².